The molecule has 1 fully saturated rings. The van der Waals surface area contributed by atoms with Crippen molar-refractivity contribution in [2.45, 2.75) is 38.6 Å². The molecule has 1 aliphatic rings. The number of carbonyl (C=O) groups is 2. The van der Waals surface area contributed by atoms with Crippen LogP contribution in [-0.4, -0.2) is 44.2 Å². The van der Waals surface area contributed by atoms with E-state index in [0.29, 0.717) is 18.9 Å². The van der Waals surface area contributed by atoms with E-state index >= 15 is 0 Å². The molecule has 0 spiro atoms. The van der Waals surface area contributed by atoms with Crippen LogP contribution in [0, 0.1) is 0 Å². The maximum absolute atomic E-state index is 12.0. The van der Waals surface area contributed by atoms with E-state index in [1.54, 1.807) is 6.92 Å². The average molecular weight is 334 g/mol. The number of ether oxygens (including phenoxy) is 2. The molecule has 1 saturated heterocycles. The molecule has 1 atom stereocenters. The van der Waals surface area contributed by atoms with Gasteiger partial charge in [0.15, 0.2) is 6.61 Å². The zero-order chi connectivity index (χ0) is 17.2. The molecule has 1 unspecified atom stereocenters. The summed E-state index contributed by atoms with van der Waals surface area (Å²) in [5, 5.41) is 6.22. The molecule has 132 valence electrons. The molecule has 6 nitrogen and oxygen atoms in total. The molecule has 1 amide bonds. The molecule has 1 heterocycles. The molecule has 0 saturated carbocycles. The van der Waals surface area contributed by atoms with Gasteiger partial charge in [0.2, 0.25) is 5.91 Å². The van der Waals surface area contributed by atoms with E-state index in [-0.39, 0.29) is 24.5 Å². The predicted molar refractivity (Wildman–Crippen MR) is 90.9 cm³/mol. The van der Waals surface area contributed by atoms with Crippen molar-refractivity contribution in [2.24, 2.45) is 0 Å². The molecule has 1 aromatic carbocycles. The van der Waals surface area contributed by atoms with E-state index in [2.05, 4.69) is 10.6 Å². The smallest absolute Gasteiger partial charge is 0.344 e. The Bertz CT molecular complexity index is 524. The Morgan fingerprint density at radius 3 is 2.71 bits per heavy atom. The highest BCUT2D eigenvalue weighted by atomic mass is 16.6. The minimum atomic E-state index is -0.374. The van der Waals surface area contributed by atoms with E-state index in [9.17, 15) is 9.59 Å². The zero-order valence-electron chi connectivity index (χ0n) is 14.2. The number of rotatable bonds is 8. The fraction of sp³-hybridized carbons (Fsp3) is 0.556. The van der Waals surface area contributed by atoms with E-state index in [0.717, 1.165) is 37.8 Å². The van der Waals surface area contributed by atoms with Crippen LogP contribution in [0.2, 0.25) is 0 Å². The fourth-order valence-electron chi connectivity index (χ4n) is 2.63. The Balaban J connectivity index is 1.67. The monoisotopic (exact) mass is 334 g/mol. The lowest BCUT2D eigenvalue weighted by Crippen LogP contribution is -2.47. The van der Waals surface area contributed by atoms with Crippen LogP contribution in [0.3, 0.4) is 0 Å². The maximum Gasteiger partial charge on any atom is 0.344 e. The first-order chi connectivity index (χ1) is 11.7. The van der Waals surface area contributed by atoms with Gasteiger partial charge >= 0.3 is 5.97 Å². The maximum atomic E-state index is 12.0. The largest absolute Gasteiger partial charge is 0.482 e. The highest BCUT2D eigenvalue weighted by Gasteiger charge is 2.19. The van der Waals surface area contributed by atoms with Crippen LogP contribution in [0.25, 0.3) is 0 Å². The summed E-state index contributed by atoms with van der Waals surface area (Å²) in [6, 6.07) is 7.47. The summed E-state index contributed by atoms with van der Waals surface area (Å²) in [5.41, 5.74) is 1.11. The van der Waals surface area contributed by atoms with E-state index < -0.39 is 0 Å². The lowest BCUT2D eigenvalue weighted by atomic mass is 10.0. The van der Waals surface area contributed by atoms with Gasteiger partial charge in [-0.15, -0.1) is 0 Å². The van der Waals surface area contributed by atoms with Gasteiger partial charge in [-0.2, -0.15) is 0 Å². The first-order valence-corrected chi connectivity index (χ1v) is 8.57. The van der Waals surface area contributed by atoms with E-state index in [1.807, 2.05) is 24.3 Å². The number of carbonyl (C=O) groups excluding carboxylic acids is 2. The van der Waals surface area contributed by atoms with Crippen LogP contribution < -0.4 is 15.4 Å². The third kappa shape index (κ3) is 6.20. The Morgan fingerprint density at radius 1 is 1.25 bits per heavy atom. The molecule has 0 aliphatic carbocycles. The second-order valence-corrected chi connectivity index (χ2v) is 5.78. The standard InChI is InChI=1S/C18H26N2O4/c1-2-23-17(21)13-24-15-8-6-14(7-9-15)10-12-20-18(22)16-5-3-4-11-19-16/h6-9,16,19H,2-5,10-13H2,1H3,(H,20,22). The summed E-state index contributed by atoms with van der Waals surface area (Å²) < 4.78 is 10.1. The van der Waals surface area contributed by atoms with Crippen LogP contribution >= 0.6 is 0 Å². The van der Waals surface area contributed by atoms with Gasteiger partial charge in [0, 0.05) is 6.54 Å². The topological polar surface area (TPSA) is 76.7 Å². The number of hydrogen-bond acceptors (Lipinski definition) is 5. The first-order valence-electron chi connectivity index (χ1n) is 8.57. The number of esters is 1. The van der Waals surface area contributed by atoms with Gasteiger partial charge in [-0.05, 0) is 50.4 Å². The Hall–Kier alpha value is -2.08. The fourth-order valence-corrected chi connectivity index (χ4v) is 2.63. The van der Waals surface area contributed by atoms with Crippen molar-refractivity contribution < 1.29 is 19.1 Å². The molecule has 24 heavy (non-hydrogen) atoms. The second-order valence-electron chi connectivity index (χ2n) is 5.78. The van der Waals surface area contributed by atoms with Crippen LogP contribution in [0.1, 0.15) is 31.7 Å². The Labute approximate surface area is 142 Å². The zero-order valence-corrected chi connectivity index (χ0v) is 14.2. The molecule has 0 bridgehead atoms. The number of hydrogen-bond donors (Lipinski definition) is 2. The van der Waals surface area contributed by atoms with Crippen LogP contribution in [0.4, 0.5) is 0 Å². The van der Waals surface area contributed by atoms with Gasteiger partial charge in [-0.3, -0.25) is 4.79 Å². The molecule has 0 radical (unpaired) electrons. The molecule has 1 aromatic rings. The normalized spacial score (nSPS) is 17.1. The van der Waals surface area contributed by atoms with Crippen molar-refractivity contribution in [2.75, 3.05) is 26.3 Å². The van der Waals surface area contributed by atoms with Crippen molar-refractivity contribution in [3.8, 4) is 5.75 Å². The number of nitrogens with one attached hydrogen (secondary N) is 2. The summed E-state index contributed by atoms with van der Waals surface area (Å²) in [5.74, 6) is 0.340. The van der Waals surface area contributed by atoms with Crippen LogP contribution in [0.5, 0.6) is 5.75 Å². The molecule has 6 heteroatoms. The highest BCUT2D eigenvalue weighted by molar-refractivity contribution is 5.81. The minimum absolute atomic E-state index is 0.0441. The molecular formula is C18H26N2O4. The summed E-state index contributed by atoms with van der Waals surface area (Å²) >= 11 is 0. The van der Waals surface area contributed by atoms with Gasteiger partial charge in [0.25, 0.3) is 0 Å². The van der Waals surface area contributed by atoms with E-state index in [1.165, 1.54) is 0 Å². The first kappa shape index (κ1) is 18.3. The van der Waals surface area contributed by atoms with Crippen molar-refractivity contribution in [1.29, 1.82) is 0 Å². The summed E-state index contributed by atoms with van der Waals surface area (Å²) in [7, 11) is 0. The number of piperidine rings is 1. The van der Waals surface area contributed by atoms with Gasteiger partial charge < -0.3 is 20.1 Å². The Morgan fingerprint density at radius 2 is 2.04 bits per heavy atom. The van der Waals surface area contributed by atoms with Crippen molar-refractivity contribution in [3.05, 3.63) is 29.8 Å². The summed E-state index contributed by atoms with van der Waals surface area (Å²) in [6.07, 6.45) is 3.93. The highest BCUT2D eigenvalue weighted by Crippen LogP contribution is 2.12. The molecule has 1 aliphatic heterocycles. The molecule has 2 rings (SSSR count). The lowest BCUT2D eigenvalue weighted by Gasteiger charge is -2.22. The SMILES string of the molecule is CCOC(=O)COc1ccc(CCNC(=O)C2CCCCN2)cc1. The Kier molecular flexibility index (Phi) is 7.55. The summed E-state index contributed by atoms with van der Waals surface area (Å²) in [4.78, 5) is 23.2. The molecule has 0 aromatic heterocycles. The quantitative estimate of drug-likeness (QED) is 0.703. The number of benzene rings is 1. The van der Waals surface area contributed by atoms with Crippen molar-refractivity contribution in [3.63, 3.8) is 0 Å². The predicted octanol–water partition coefficient (Wildman–Crippen LogP) is 1.43. The third-order valence-electron chi connectivity index (χ3n) is 3.93. The lowest BCUT2D eigenvalue weighted by molar-refractivity contribution is -0.145. The van der Waals surface area contributed by atoms with Crippen LogP contribution in [0.15, 0.2) is 24.3 Å². The summed E-state index contributed by atoms with van der Waals surface area (Å²) in [6.45, 7) is 3.56. The van der Waals surface area contributed by atoms with Crippen LogP contribution in [-0.2, 0) is 20.7 Å². The van der Waals surface area contributed by atoms with Gasteiger partial charge in [-0.1, -0.05) is 18.6 Å². The number of amides is 1. The van der Waals surface area contributed by atoms with E-state index in [4.69, 9.17) is 9.47 Å². The van der Waals surface area contributed by atoms with Gasteiger partial charge in [0.1, 0.15) is 5.75 Å². The second kappa shape index (κ2) is 9.93. The van der Waals surface area contributed by atoms with Crippen molar-refractivity contribution in [1.82, 2.24) is 10.6 Å². The van der Waals surface area contributed by atoms with Gasteiger partial charge in [0.05, 0.1) is 12.6 Å². The minimum Gasteiger partial charge on any atom is -0.482 e. The molecule has 2 N–H and O–H groups in total. The molecular weight excluding hydrogens is 308 g/mol. The average Bonchev–Trinajstić information content (AvgIpc) is 2.62. The third-order valence-corrected chi connectivity index (χ3v) is 3.93. The van der Waals surface area contributed by atoms with Gasteiger partial charge in [-0.25, -0.2) is 4.79 Å². The van der Waals surface area contributed by atoms with Crippen molar-refractivity contribution >= 4 is 11.9 Å².